The Hall–Kier alpha value is -0.350. The van der Waals surface area contributed by atoms with Crippen molar-refractivity contribution in [2.75, 3.05) is 6.54 Å². The second-order valence-corrected chi connectivity index (χ2v) is 7.31. The number of alkyl halides is 1. The minimum Gasteiger partial charge on any atom is -0.350 e. The zero-order chi connectivity index (χ0) is 12.3. The molecule has 2 rings (SSSR count). The number of amides is 1. The normalized spacial score (nSPS) is 17.1. The molecule has 2 nitrogen and oxygen atoms in total. The third-order valence-electron chi connectivity index (χ3n) is 3.01. The first kappa shape index (κ1) is 13.1. The molecule has 0 fully saturated rings. The Morgan fingerprint density at radius 3 is 3.00 bits per heavy atom. The molecule has 0 aromatic carbocycles. The molecule has 1 unspecified atom stereocenters. The fraction of sp³-hybridized carbons (Fsp3) is 0.615. The lowest BCUT2D eigenvalue weighted by atomic mass is 10.1. The van der Waals surface area contributed by atoms with Crippen LogP contribution in [0, 0.1) is 0 Å². The lowest BCUT2D eigenvalue weighted by Gasteiger charge is -2.04. The van der Waals surface area contributed by atoms with E-state index >= 15 is 0 Å². The maximum atomic E-state index is 11.9. The van der Waals surface area contributed by atoms with Crippen LogP contribution in [0.3, 0.4) is 0 Å². The third kappa shape index (κ3) is 3.55. The van der Waals surface area contributed by atoms with Gasteiger partial charge in [-0.15, -0.1) is 11.3 Å². The highest BCUT2D eigenvalue weighted by Crippen LogP contribution is 2.28. The summed E-state index contributed by atoms with van der Waals surface area (Å²) in [7, 11) is 0. The Kier molecular flexibility index (Phi) is 4.62. The molecule has 94 valence electrons. The van der Waals surface area contributed by atoms with Crippen molar-refractivity contribution in [3.63, 3.8) is 0 Å². The molecule has 1 amide bonds. The van der Waals surface area contributed by atoms with Crippen LogP contribution in [-0.4, -0.2) is 17.3 Å². The van der Waals surface area contributed by atoms with E-state index in [1.165, 1.54) is 29.7 Å². The maximum Gasteiger partial charge on any atom is 0.261 e. The van der Waals surface area contributed by atoms with Crippen LogP contribution in [0.15, 0.2) is 6.07 Å². The maximum absolute atomic E-state index is 11.9. The van der Waals surface area contributed by atoms with Gasteiger partial charge in [0, 0.05) is 16.2 Å². The standard InChI is InChI=1S/C13H18BrNOS/c1-9(14)8-15-13(16)12-7-10-5-3-2-4-6-11(10)17-12/h7,9H,2-6,8H2,1H3,(H,15,16). The van der Waals surface area contributed by atoms with Gasteiger partial charge in [0.25, 0.3) is 5.91 Å². The second-order valence-electron chi connectivity index (χ2n) is 4.61. The van der Waals surface area contributed by atoms with Crippen LogP contribution < -0.4 is 5.32 Å². The van der Waals surface area contributed by atoms with Gasteiger partial charge in [0.1, 0.15) is 0 Å². The van der Waals surface area contributed by atoms with E-state index in [9.17, 15) is 4.79 Å². The van der Waals surface area contributed by atoms with Crippen molar-refractivity contribution in [2.45, 2.75) is 43.9 Å². The Balaban J connectivity index is 2.04. The van der Waals surface area contributed by atoms with E-state index in [0.717, 1.165) is 17.7 Å². The van der Waals surface area contributed by atoms with Gasteiger partial charge in [-0.1, -0.05) is 29.3 Å². The molecule has 0 bridgehead atoms. The molecular weight excluding hydrogens is 298 g/mol. The summed E-state index contributed by atoms with van der Waals surface area (Å²) in [5.41, 5.74) is 1.41. The summed E-state index contributed by atoms with van der Waals surface area (Å²) >= 11 is 5.11. The summed E-state index contributed by atoms with van der Waals surface area (Å²) in [6.07, 6.45) is 6.16. The molecule has 0 saturated carbocycles. The molecule has 0 spiro atoms. The van der Waals surface area contributed by atoms with E-state index in [-0.39, 0.29) is 5.91 Å². The minimum absolute atomic E-state index is 0.0781. The smallest absolute Gasteiger partial charge is 0.261 e. The highest BCUT2D eigenvalue weighted by Gasteiger charge is 2.16. The number of halogens is 1. The Morgan fingerprint density at radius 2 is 2.24 bits per heavy atom. The summed E-state index contributed by atoms with van der Waals surface area (Å²) < 4.78 is 0. The summed E-state index contributed by atoms with van der Waals surface area (Å²) in [5, 5.41) is 2.95. The van der Waals surface area contributed by atoms with Crippen LogP contribution in [0.4, 0.5) is 0 Å². The monoisotopic (exact) mass is 315 g/mol. The molecule has 0 aliphatic heterocycles. The summed E-state index contributed by atoms with van der Waals surface area (Å²) in [6.45, 7) is 2.71. The zero-order valence-electron chi connectivity index (χ0n) is 10.1. The minimum atomic E-state index is 0.0781. The number of hydrogen-bond acceptors (Lipinski definition) is 2. The molecule has 1 atom stereocenters. The lowest BCUT2D eigenvalue weighted by Crippen LogP contribution is -2.27. The zero-order valence-corrected chi connectivity index (χ0v) is 12.5. The average Bonchev–Trinajstić information content (AvgIpc) is 2.58. The van der Waals surface area contributed by atoms with Crippen molar-refractivity contribution in [2.24, 2.45) is 0 Å². The lowest BCUT2D eigenvalue weighted by molar-refractivity contribution is 0.0958. The van der Waals surface area contributed by atoms with Gasteiger partial charge in [-0.3, -0.25) is 4.79 Å². The number of carbonyl (C=O) groups is 1. The highest BCUT2D eigenvalue weighted by molar-refractivity contribution is 9.09. The van der Waals surface area contributed by atoms with Gasteiger partial charge in [0.2, 0.25) is 0 Å². The fourth-order valence-corrected chi connectivity index (χ4v) is 3.43. The third-order valence-corrected chi connectivity index (χ3v) is 4.57. The van der Waals surface area contributed by atoms with Crippen molar-refractivity contribution in [1.29, 1.82) is 0 Å². The molecule has 1 N–H and O–H groups in total. The van der Waals surface area contributed by atoms with Gasteiger partial charge in [-0.25, -0.2) is 0 Å². The van der Waals surface area contributed by atoms with Crippen molar-refractivity contribution in [3.05, 3.63) is 21.4 Å². The van der Waals surface area contributed by atoms with Crippen LogP contribution in [0.5, 0.6) is 0 Å². The first-order valence-corrected chi connectivity index (χ1v) is 7.94. The van der Waals surface area contributed by atoms with E-state index in [1.54, 1.807) is 11.3 Å². The quantitative estimate of drug-likeness (QED) is 0.671. The molecule has 1 aromatic heterocycles. The Morgan fingerprint density at radius 1 is 1.47 bits per heavy atom. The molecule has 0 saturated heterocycles. The van der Waals surface area contributed by atoms with Gasteiger partial charge < -0.3 is 5.32 Å². The van der Waals surface area contributed by atoms with Crippen LogP contribution in [0.25, 0.3) is 0 Å². The molecule has 0 radical (unpaired) electrons. The number of thiophene rings is 1. The molecule has 17 heavy (non-hydrogen) atoms. The molecule has 4 heteroatoms. The number of aryl methyl sites for hydroxylation is 2. The van der Waals surface area contributed by atoms with E-state index in [2.05, 4.69) is 27.3 Å². The van der Waals surface area contributed by atoms with E-state index in [1.807, 2.05) is 6.92 Å². The van der Waals surface area contributed by atoms with Crippen LogP contribution in [0.1, 0.15) is 46.3 Å². The number of nitrogens with one attached hydrogen (secondary N) is 1. The van der Waals surface area contributed by atoms with E-state index in [4.69, 9.17) is 0 Å². The molecular formula is C13H18BrNOS. The van der Waals surface area contributed by atoms with Gasteiger partial charge >= 0.3 is 0 Å². The summed E-state index contributed by atoms with van der Waals surface area (Å²) in [4.78, 5) is 14.6. The first-order chi connectivity index (χ1) is 8.16. The second kappa shape index (κ2) is 6.01. The summed E-state index contributed by atoms with van der Waals surface area (Å²) in [6, 6.07) is 2.10. The van der Waals surface area contributed by atoms with Crippen LogP contribution in [0.2, 0.25) is 0 Å². The highest BCUT2D eigenvalue weighted by atomic mass is 79.9. The van der Waals surface area contributed by atoms with E-state index in [0.29, 0.717) is 11.4 Å². The molecule has 1 aromatic rings. The molecule has 1 aliphatic carbocycles. The van der Waals surface area contributed by atoms with Crippen LogP contribution in [-0.2, 0) is 12.8 Å². The van der Waals surface area contributed by atoms with Gasteiger partial charge in [-0.2, -0.15) is 0 Å². The topological polar surface area (TPSA) is 29.1 Å². The largest absolute Gasteiger partial charge is 0.350 e. The molecule has 1 aliphatic rings. The predicted molar refractivity (Wildman–Crippen MR) is 76.3 cm³/mol. The number of rotatable bonds is 3. The first-order valence-electron chi connectivity index (χ1n) is 6.20. The predicted octanol–water partition coefficient (Wildman–Crippen LogP) is 3.53. The summed E-state index contributed by atoms with van der Waals surface area (Å²) in [5.74, 6) is 0.0781. The van der Waals surface area contributed by atoms with Gasteiger partial charge in [0.05, 0.1) is 4.88 Å². The van der Waals surface area contributed by atoms with Gasteiger partial charge in [-0.05, 0) is 37.3 Å². The SMILES string of the molecule is CC(Br)CNC(=O)c1cc2c(s1)CCCCC2. The van der Waals surface area contributed by atoms with Gasteiger partial charge in [0.15, 0.2) is 0 Å². The Labute approximate surface area is 115 Å². The van der Waals surface area contributed by atoms with Crippen LogP contribution >= 0.6 is 27.3 Å². The molecule has 1 heterocycles. The Bertz CT molecular complexity index is 377. The van der Waals surface area contributed by atoms with E-state index < -0.39 is 0 Å². The number of fused-ring (bicyclic) bond motifs is 1. The number of hydrogen-bond donors (Lipinski definition) is 1. The van der Waals surface area contributed by atoms with Crippen molar-refractivity contribution in [1.82, 2.24) is 5.32 Å². The van der Waals surface area contributed by atoms with Crippen molar-refractivity contribution in [3.8, 4) is 0 Å². The number of carbonyl (C=O) groups excluding carboxylic acids is 1. The fourth-order valence-electron chi connectivity index (χ4n) is 2.10. The average molecular weight is 316 g/mol. The van der Waals surface area contributed by atoms with Crippen molar-refractivity contribution < 1.29 is 4.79 Å². The van der Waals surface area contributed by atoms with Crippen molar-refractivity contribution >= 4 is 33.2 Å².